The number of aromatic nitrogens is 2. The molecule has 4 bridgehead atoms. The molecule has 8 heteroatoms. The smallest absolute Gasteiger partial charge is 0.317 e. The first-order valence-corrected chi connectivity index (χ1v) is 13.4. The maximum Gasteiger partial charge on any atom is 0.317 e. The van der Waals surface area contributed by atoms with Crippen LogP contribution in [-0.4, -0.2) is 69.9 Å². The molecule has 0 radical (unpaired) electrons. The van der Waals surface area contributed by atoms with E-state index in [9.17, 15) is 9.59 Å². The van der Waals surface area contributed by atoms with Gasteiger partial charge < -0.3 is 15.5 Å². The Kier molecular flexibility index (Phi) is 5.74. The summed E-state index contributed by atoms with van der Waals surface area (Å²) >= 11 is 0. The van der Waals surface area contributed by atoms with Gasteiger partial charge in [0.15, 0.2) is 0 Å². The Hall–Kier alpha value is -2.61. The molecule has 0 atom stereocenters. The number of nitrogens with zero attached hydrogens (tertiary/aromatic N) is 4. The molecule has 2 aromatic heterocycles. The molecule has 188 valence electrons. The van der Waals surface area contributed by atoms with Crippen molar-refractivity contribution >= 4 is 17.5 Å². The number of pyridine rings is 1. The third-order valence-corrected chi connectivity index (χ3v) is 8.94. The van der Waals surface area contributed by atoms with Crippen LogP contribution >= 0.6 is 0 Å². The molecule has 0 aromatic carbocycles. The standard InChI is InChI=1S/C27H38N6O2/c1-31(2)26(35)28-21-6-9-32(10-7-21)17-22-23-5-3-4-8-33(23)24(29-22)25(34)30-27-14-18-11-19(15-27)13-20(12-18)16-27/h3-5,8,18-21H,6-7,9-17H2,1-2H3,(H,28,35)(H,30,34). The van der Waals surface area contributed by atoms with Crippen molar-refractivity contribution in [2.24, 2.45) is 17.8 Å². The number of hydrogen-bond donors (Lipinski definition) is 2. The highest BCUT2D eigenvalue weighted by Gasteiger charge is 2.51. The predicted octanol–water partition coefficient (Wildman–Crippen LogP) is 3.27. The zero-order valence-electron chi connectivity index (χ0n) is 21.0. The maximum absolute atomic E-state index is 13.6. The number of nitrogens with one attached hydrogen (secondary N) is 2. The van der Waals surface area contributed by atoms with Gasteiger partial charge in [0.2, 0.25) is 5.82 Å². The highest BCUT2D eigenvalue weighted by atomic mass is 16.2. The highest BCUT2D eigenvalue weighted by molar-refractivity contribution is 5.92. The van der Waals surface area contributed by atoms with Crippen molar-refractivity contribution in [3.8, 4) is 0 Å². The van der Waals surface area contributed by atoms with Gasteiger partial charge in [0.25, 0.3) is 5.91 Å². The largest absolute Gasteiger partial charge is 0.344 e. The van der Waals surface area contributed by atoms with E-state index in [0.717, 1.165) is 74.2 Å². The lowest BCUT2D eigenvalue weighted by Crippen LogP contribution is -2.60. The summed E-state index contributed by atoms with van der Waals surface area (Å²) in [5.74, 6) is 2.86. The summed E-state index contributed by atoms with van der Waals surface area (Å²) in [6, 6.07) is 6.23. The fraction of sp³-hybridized carbons (Fsp3) is 0.667. The van der Waals surface area contributed by atoms with Gasteiger partial charge in [0.1, 0.15) is 0 Å². The molecule has 7 rings (SSSR count). The molecule has 3 amide bonds. The van der Waals surface area contributed by atoms with E-state index >= 15 is 0 Å². The SMILES string of the molecule is CN(C)C(=O)NC1CCN(Cc2nc(C(=O)NC34CC5CC(CC(C5)C3)C4)n3ccccc23)CC1. The van der Waals surface area contributed by atoms with E-state index in [1.54, 1.807) is 19.0 Å². The number of likely N-dealkylation sites (tertiary alicyclic amines) is 1. The molecule has 1 aliphatic heterocycles. The van der Waals surface area contributed by atoms with Crippen LogP contribution < -0.4 is 10.6 Å². The Morgan fingerprint density at radius 1 is 1.06 bits per heavy atom. The number of fused-ring (bicyclic) bond motifs is 1. The van der Waals surface area contributed by atoms with Crippen LogP contribution in [0.15, 0.2) is 24.4 Å². The molecule has 0 spiro atoms. The fourth-order valence-electron chi connectivity index (χ4n) is 7.69. The molecule has 2 N–H and O–H groups in total. The van der Waals surface area contributed by atoms with Crippen LogP contribution in [0, 0.1) is 17.8 Å². The Morgan fingerprint density at radius 3 is 2.34 bits per heavy atom. The van der Waals surface area contributed by atoms with Crippen LogP contribution in [0.5, 0.6) is 0 Å². The monoisotopic (exact) mass is 478 g/mol. The zero-order valence-corrected chi connectivity index (χ0v) is 21.0. The number of carbonyl (C=O) groups excluding carboxylic acids is 2. The fourth-order valence-corrected chi connectivity index (χ4v) is 7.69. The summed E-state index contributed by atoms with van der Waals surface area (Å²) in [7, 11) is 3.54. The van der Waals surface area contributed by atoms with Crippen LogP contribution in [0.25, 0.3) is 5.52 Å². The number of piperidine rings is 1. The molecule has 4 saturated carbocycles. The van der Waals surface area contributed by atoms with E-state index in [4.69, 9.17) is 4.98 Å². The number of imidazole rings is 1. The minimum Gasteiger partial charge on any atom is -0.344 e. The normalized spacial score (nSPS) is 30.5. The highest BCUT2D eigenvalue weighted by Crippen LogP contribution is 2.55. The van der Waals surface area contributed by atoms with Crippen LogP contribution in [0.3, 0.4) is 0 Å². The van der Waals surface area contributed by atoms with Crippen molar-refractivity contribution in [1.29, 1.82) is 0 Å². The van der Waals surface area contributed by atoms with Gasteiger partial charge in [-0.15, -0.1) is 0 Å². The van der Waals surface area contributed by atoms with Gasteiger partial charge in [-0.1, -0.05) is 6.07 Å². The lowest BCUT2D eigenvalue weighted by molar-refractivity contribution is -0.0169. The van der Waals surface area contributed by atoms with Crippen molar-refractivity contribution in [3.63, 3.8) is 0 Å². The molecule has 3 heterocycles. The predicted molar refractivity (Wildman–Crippen MR) is 134 cm³/mol. The molecule has 5 fully saturated rings. The minimum absolute atomic E-state index is 0.0223. The first kappa shape index (κ1) is 22.8. The van der Waals surface area contributed by atoms with Gasteiger partial charge in [-0.2, -0.15) is 0 Å². The van der Waals surface area contributed by atoms with E-state index in [0.29, 0.717) is 12.4 Å². The quantitative estimate of drug-likeness (QED) is 0.691. The average molecular weight is 479 g/mol. The number of carbonyl (C=O) groups is 2. The first-order valence-electron chi connectivity index (χ1n) is 13.4. The lowest BCUT2D eigenvalue weighted by Gasteiger charge is -2.56. The number of urea groups is 1. The topological polar surface area (TPSA) is 82.0 Å². The van der Waals surface area contributed by atoms with E-state index in [-0.39, 0.29) is 23.5 Å². The van der Waals surface area contributed by atoms with Crippen LogP contribution in [0.2, 0.25) is 0 Å². The molecule has 1 saturated heterocycles. The van der Waals surface area contributed by atoms with Gasteiger partial charge in [-0.25, -0.2) is 9.78 Å². The first-order chi connectivity index (χ1) is 16.9. The van der Waals surface area contributed by atoms with E-state index in [2.05, 4.69) is 21.6 Å². The van der Waals surface area contributed by atoms with Crippen molar-refractivity contribution in [3.05, 3.63) is 35.9 Å². The summed E-state index contributed by atoms with van der Waals surface area (Å²) in [6.45, 7) is 2.52. The van der Waals surface area contributed by atoms with Crippen LogP contribution in [0.4, 0.5) is 4.79 Å². The van der Waals surface area contributed by atoms with Crippen molar-refractivity contribution in [1.82, 2.24) is 29.8 Å². The van der Waals surface area contributed by atoms with Gasteiger partial charge >= 0.3 is 6.03 Å². The molecule has 2 aromatic rings. The Labute approximate surface area is 207 Å². The third kappa shape index (κ3) is 4.41. The summed E-state index contributed by atoms with van der Waals surface area (Å²) in [6.07, 6.45) is 11.3. The summed E-state index contributed by atoms with van der Waals surface area (Å²) in [4.78, 5) is 34.4. The molecule has 5 aliphatic rings. The Balaban J connectivity index is 1.15. The average Bonchev–Trinajstić information content (AvgIpc) is 3.18. The van der Waals surface area contributed by atoms with Crippen LogP contribution in [0.1, 0.15) is 67.7 Å². The van der Waals surface area contributed by atoms with Crippen molar-refractivity contribution in [2.45, 2.75) is 69.5 Å². The molecule has 35 heavy (non-hydrogen) atoms. The molecule has 0 unspecified atom stereocenters. The van der Waals surface area contributed by atoms with E-state index in [1.165, 1.54) is 19.3 Å². The lowest BCUT2D eigenvalue weighted by atomic mass is 9.53. The van der Waals surface area contributed by atoms with E-state index < -0.39 is 0 Å². The third-order valence-electron chi connectivity index (χ3n) is 8.94. The van der Waals surface area contributed by atoms with Crippen molar-refractivity contribution in [2.75, 3.05) is 27.2 Å². The van der Waals surface area contributed by atoms with E-state index in [1.807, 2.05) is 22.7 Å². The van der Waals surface area contributed by atoms with Gasteiger partial charge in [0, 0.05) is 51.5 Å². The van der Waals surface area contributed by atoms with Gasteiger partial charge in [-0.05, 0) is 81.3 Å². The minimum atomic E-state index is -0.0294. The molecule has 8 nitrogen and oxygen atoms in total. The van der Waals surface area contributed by atoms with Crippen LogP contribution in [-0.2, 0) is 6.54 Å². The Bertz CT molecular complexity index is 1080. The maximum atomic E-state index is 13.6. The molecular weight excluding hydrogens is 440 g/mol. The number of amides is 3. The van der Waals surface area contributed by atoms with Crippen molar-refractivity contribution < 1.29 is 9.59 Å². The summed E-state index contributed by atoms with van der Waals surface area (Å²) < 4.78 is 1.97. The van der Waals surface area contributed by atoms with Gasteiger partial charge in [-0.3, -0.25) is 14.1 Å². The zero-order chi connectivity index (χ0) is 24.2. The summed E-state index contributed by atoms with van der Waals surface area (Å²) in [5.41, 5.74) is 1.94. The van der Waals surface area contributed by atoms with Gasteiger partial charge in [0.05, 0.1) is 11.2 Å². The molecule has 4 aliphatic carbocycles. The number of hydrogen-bond acceptors (Lipinski definition) is 4. The second kappa shape index (κ2) is 8.80. The molecular formula is C27H38N6O2. The Morgan fingerprint density at radius 2 is 1.71 bits per heavy atom. The summed E-state index contributed by atoms with van der Waals surface area (Å²) in [5, 5.41) is 6.60. The second-order valence-electron chi connectivity index (χ2n) is 11.9. The second-order valence-corrected chi connectivity index (χ2v) is 11.9. The number of rotatable bonds is 5.